The molecule has 0 heterocycles. The van der Waals surface area contributed by atoms with Crippen LogP contribution in [0.25, 0.3) is 0 Å². The summed E-state index contributed by atoms with van der Waals surface area (Å²) in [7, 11) is -1.19. The number of hydrogen-bond acceptors (Lipinski definition) is 1. The van der Waals surface area contributed by atoms with Gasteiger partial charge >= 0.3 is 0 Å². The second-order valence-electron chi connectivity index (χ2n) is 5.81. The molecule has 0 unspecified atom stereocenters. The molecule has 2 aromatic rings. The molecular weight excluding hydrogens is 270 g/mol. The van der Waals surface area contributed by atoms with Gasteiger partial charge in [-0.3, -0.25) is 0 Å². The molecule has 0 aliphatic carbocycles. The number of anilines is 1. The van der Waals surface area contributed by atoms with Gasteiger partial charge in [-0.2, -0.15) is 0 Å². The van der Waals surface area contributed by atoms with Crippen LogP contribution in [0.2, 0.25) is 24.7 Å². The summed E-state index contributed by atoms with van der Waals surface area (Å²) in [5.41, 5.74) is 2.35. The SMILES string of the molecule is C[Si](C)(C)c1ccc(CNc2cccc(Cl)c2)cc1. The first-order valence-electron chi connectivity index (χ1n) is 6.54. The molecule has 1 nitrogen and oxygen atoms in total. The molecule has 3 heteroatoms. The summed E-state index contributed by atoms with van der Waals surface area (Å²) in [6.45, 7) is 7.93. The maximum Gasteiger partial charge on any atom is 0.0775 e. The molecular formula is C16H20ClNSi. The van der Waals surface area contributed by atoms with Crippen molar-refractivity contribution in [3.05, 3.63) is 59.1 Å². The molecule has 0 fully saturated rings. The van der Waals surface area contributed by atoms with Gasteiger partial charge in [-0.05, 0) is 23.8 Å². The number of halogens is 1. The molecule has 100 valence electrons. The molecule has 0 amide bonds. The Balaban J connectivity index is 2.01. The van der Waals surface area contributed by atoms with E-state index in [0.717, 1.165) is 17.3 Å². The van der Waals surface area contributed by atoms with Crippen LogP contribution in [0.1, 0.15) is 5.56 Å². The zero-order valence-electron chi connectivity index (χ0n) is 11.7. The first-order valence-corrected chi connectivity index (χ1v) is 10.4. The van der Waals surface area contributed by atoms with E-state index in [1.807, 2.05) is 24.3 Å². The first kappa shape index (κ1) is 14.2. The number of hydrogen-bond donors (Lipinski definition) is 1. The highest BCUT2D eigenvalue weighted by Gasteiger charge is 2.15. The van der Waals surface area contributed by atoms with Gasteiger partial charge in [0.05, 0.1) is 8.07 Å². The molecule has 2 rings (SSSR count). The van der Waals surface area contributed by atoms with Crippen LogP contribution in [0.5, 0.6) is 0 Å². The van der Waals surface area contributed by atoms with Gasteiger partial charge in [0, 0.05) is 17.3 Å². The Morgan fingerprint density at radius 1 is 1.00 bits per heavy atom. The van der Waals surface area contributed by atoms with Gasteiger partial charge in [0.25, 0.3) is 0 Å². The summed E-state index contributed by atoms with van der Waals surface area (Å²) in [4.78, 5) is 0. The second kappa shape index (κ2) is 5.80. The Morgan fingerprint density at radius 2 is 1.68 bits per heavy atom. The largest absolute Gasteiger partial charge is 0.381 e. The Bertz CT molecular complexity index is 543. The van der Waals surface area contributed by atoms with Crippen LogP contribution in [0.3, 0.4) is 0 Å². The van der Waals surface area contributed by atoms with Crippen molar-refractivity contribution in [2.75, 3.05) is 5.32 Å². The lowest BCUT2D eigenvalue weighted by Gasteiger charge is -2.17. The Hall–Kier alpha value is -1.25. The van der Waals surface area contributed by atoms with Crippen molar-refractivity contribution >= 4 is 30.5 Å². The molecule has 19 heavy (non-hydrogen) atoms. The van der Waals surface area contributed by atoms with Gasteiger partial charge in [-0.1, -0.05) is 66.8 Å². The zero-order valence-corrected chi connectivity index (χ0v) is 13.5. The van der Waals surface area contributed by atoms with Gasteiger partial charge in [0.2, 0.25) is 0 Å². The van der Waals surface area contributed by atoms with Gasteiger partial charge in [0.15, 0.2) is 0 Å². The van der Waals surface area contributed by atoms with Crippen LogP contribution in [0.15, 0.2) is 48.5 Å². The number of benzene rings is 2. The Labute approximate surface area is 121 Å². The van der Waals surface area contributed by atoms with Crippen molar-refractivity contribution in [2.45, 2.75) is 26.2 Å². The fourth-order valence-electron chi connectivity index (χ4n) is 1.93. The summed E-state index contributed by atoms with van der Waals surface area (Å²) in [5, 5.41) is 5.65. The third-order valence-corrected chi connectivity index (χ3v) is 5.44. The van der Waals surface area contributed by atoms with E-state index in [1.165, 1.54) is 10.8 Å². The van der Waals surface area contributed by atoms with Crippen LogP contribution >= 0.6 is 11.6 Å². The minimum atomic E-state index is -1.19. The van der Waals surface area contributed by atoms with Crippen molar-refractivity contribution in [2.24, 2.45) is 0 Å². The Morgan fingerprint density at radius 3 is 2.26 bits per heavy atom. The van der Waals surface area contributed by atoms with Crippen molar-refractivity contribution < 1.29 is 0 Å². The maximum atomic E-state index is 5.96. The average molecular weight is 290 g/mol. The highest BCUT2D eigenvalue weighted by atomic mass is 35.5. The third kappa shape index (κ3) is 4.12. The monoisotopic (exact) mass is 289 g/mol. The molecule has 0 radical (unpaired) electrons. The summed E-state index contributed by atoms with van der Waals surface area (Å²) in [6.07, 6.45) is 0. The van der Waals surface area contributed by atoms with E-state index in [9.17, 15) is 0 Å². The van der Waals surface area contributed by atoms with E-state index < -0.39 is 8.07 Å². The highest BCUT2D eigenvalue weighted by molar-refractivity contribution is 6.88. The Kier molecular flexibility index (Phi) is 4.33. The zero-order chi connectivity index (χ0) is 13.9. The molecule has 0 aliphatic rings. The molecule has 0 saturated heterocycles. The predicted octanol–water partition coefficient (Wildman–Crippen LogP) is 4.50. The summed E-state index contributed by atoms with van der Waals surface area (Å²) >= 11 is 5.96. The van der Waals surface area contributed by atoms with E-state index in [1.54, 1.807) is 0 Å². The normalized spacial score (nSPS) is 11.4. The smallest absolute Gasteiger partial charge is 0.0775 e. The summed E-state index contributed by atoms with van der Waals surface area (Å²) in [6, 6.07) is 16.8. The van der Waals surface area contributed by atoms with Crippen LogP contribution in [-0.2, 0) is 6.54 Å². The molecule has 0 saturated carbocycles. The fraction of sp³-hybridized carbons (Fsp3) is 0.250. The molecule has 0 aliphatic heterocycles. The van der Waals surface area contributed by atoms with Crippen molar-refractivity contribution in [1.82, 2.24) is 0 Å². The second-order valence-corrected chi connectivity index (χ2v) is 11.3. The van der Waals surface area contributed by atoms with E-state index in [4.69, 9.17) is 11.6 Å². The molecule has 0 spiro atoms. The lowest BCUT2D eigenvalue weighted by atomic mass is 10.2. The van der Waals surface area contributed by atoms with Crippen LogP contribution in [0.4, 0.5) is 5.69 Å². The van der Waals surface area contributed by atoms with Crippen LogP contribution < -0.4 is 10.5 Å². The first-order chi connectivity index (χ1) is 8.95. The highest BCUT2D eigenvalue weighted by Crippen LogP contribution is 2.15. The lowest BCUT2D eigenvalue weighted by Crippen LogP contribution is -2.37. The maximum absolute atomic E-state index is 5.96. The topological polar surface area (TPSA) is 12.0 Å². The van der Waals surface area contributed by atoms with Crippen molar-refractivity contribution in [1.29, 1.82) is 0 Å². The van der Waals surface area contributed by atoms with Crippen molar-refractivity contribution in [3.8, 4) is 0 Å². The minimum Gasteiger partial charge on any atom is -0.381 e. The van der Waals surface area contributed by atoms with E-state index in [0.29, 0.717) is 0 Å². The molecule has 1 N–H and O–H groups in total. The van der Waals surface area contributed by atoms with Gasteiger partial charge < -0.3 is 5.32 Å². The quantitative estimate of drug-likeness (QED) is 0.817. The molecule has 2 aromatic carbocycles. The molecule has 0 atom stereocenters. The van der Waals surface area contributed by atoms with Crippen molar-refractivity contribution in [3.63, 3.8) is 0 Å². The van der Waals surface area contributed by atoms with Gasteiger partial charge in [0.1, 0.15) is 0 Å². The number of rotatable bonds is 4. The fourth-order valence-corrected chi connectivity index (χ4v) is 3.28. The van der Waals surface area contributed by atoms with Crippen LogP contribution in [-0.4, -0.2) is 8.07 Å². The molecule has 0 bridgehead atoms. The molecule has 0 aromatic heterocycles. The summed E-state index contributed by atoms with van der Waals surface area (Å²) < 4.78 is 0. The lowest BCUT2D eigenvalue weighted by molar-refractivity contribution is 1.15. The van der Waals surface area contributed by atoms with Gasteiger partial charge in [-0.25, -0.2) is 0 Å². The third-order valence-electron chi connectivity index (χ3n) is 3.14. The van der Waals surface area contributed by atoms with E-state index in [-0.39, 0.29) is 0 Å². The predicted molar refractivity (Wildman–Crippen MR) is 88.2 cm³/mol. The number of nitrogens with one attached hydrogen (secondary N) is 1. The van der Waals surface area contributed by atoms with E-state index in [2.05, 4.69) is 49.2 Å². The minimum absolute atomic E-state index is 0.763. The average Bonchev–Trinajstić information content (AvgIpc) is 2.36. The van der Waals surface area contributed by atoms with Gasteiger partial charge in [-0.15, -0.1) is 0 Å². The summed E-state index contributed by atoms with van der Waals surface area (Å²) in [5.74, 6) is 0. The standard InChI is InChI=1S/C16H20ClNSi/c1-19(2,3)16-9-7-13(8-10-16)12-18-15-6-4-5-14(17)11-15/h4-11,18H,12H2,1-3H3. The van der Waals surface area contributed by atoms with E-state index >= 15 is 0 Å². The van der Waals surface area contributed by atoms with Crippen LogP contribution in [0, 0.1) is 0 Å².